The Labute approximate surface area is 109 Å². The predicted octanol–water partition coefficient (Wildman–Crippen LogP) is 2.88. The molecule has 0 bridgehead atoms. The summed E-state index contributed by atoms with van der Waals surface area (Å²) in [7, 11) is 0. The number of imidazole rings is 1. The van der Waals surface area contributed by atoms with E-state index < -0.39 is 11.7 Å². The van der Waals surface area contributed by atoms with Gasteiger partial charge < -0.3 is 14.6 Å². The Hall–Kier alpha value is -1.52. The maximum Gasteiger partial charge on any atom is 0.408 e. The highest BCUT2D eigenvalue weighted by molar-refractivity contribution is 5.68. The van der Waals surface area contributed by atoms with Crippen LogP contribution in [0.4, 0.5) is 4.79 Å². The molecule has 0 radical (unpaired) electrons. The summed E-state index contributed by atoms with van der Waals surface area (Å²) < 4.78 is 7.27. The molecule has 1 heterocycles. The standard InChI is InChI=1S/C13H23N3O2/c1-6-7-16-9-14-8-11(16)10(2)15-12(17)18-13(3,4)5/h8-10H,6-7H2,1-5H3,(H,15,17). The highest BCUT2D eigenvalue weighted by Crippen LogP contribution is 2.14. The molecule has 5 heteroatoms. The Bertz CT molecular complexity index is 393. The van der Waals surface area contributed by atoms with E-state index in [1.54, 1.807) is 12.5 Å². The average molecular weight is 253 g/mol. The maximum absolute atomic E-state index is 11.7. The fourth-order valence-electron chi connectivity index (χ4n) is 1.68. The van der Waals surface area contributed by atoms with Crippen molar-refractivity contribution < 1.29 is 9.53 Å². The lowest BCUT2D eigenvalue weighted by Crippen LogP contribution is -2.34. The number of aromatic nitrogens is 2. The number of amides is 1. The van der Waals surface area contributed by atoms with Gasteiger partial charge in [-0.2, -0.15) is 0 Å². The van der Waals surface area contributed by atoms with Crippen LogP contribution in [0.5, 0.6) is 0 Å². The van der Waals surface area contributed by atoms with Gasteiger partial charge in [-0.05, 0) is 34.1 Å². The molecule has 1 aromatic heterocycles. The molecular formula is C13H23N3O2. The molecule has 102 valence electrons. The maximum atomic E-state index is 11.7. The number of ether oxygens (including phenoxy) is 1. The summed E-state index contributed by atoms with van der Waals surface area (Å²) in [5.41, 5.74) is 0.510. The quantitative estimate of drug-likeness (QED) is 0.897. The van der Waals surface area contributed by atoms with Crippen molar-refractivity contribution in [3.05, 3.63) is 18.2 Å². The molecule has 1 aromatic rings. The molecule has 0 saturated heterocycles. The van der Waals surface area contributed by atoms with Crippen LogP contribution in [-0.4, -0.2) is 21.2 Å². The van der Waals surface area contributed by atoms with Crippen LogP contribution < -0.4 is 5.32 Å². The summed E-state index contributed by atoms with van der Waals surface area (Å²) in [6.07, 6.45) is 4.19. The number of hydrogen-bond donors (Lipinski definition) is 1. The molecule has 1 atom stereocenters. The third-order valence-corrected chi connectivity index (χ3v) is 2.39. The molecule has 18 heavy (non-hydrogen) atoms. The van der Waals surface area contributed by atoms with Gasteiger partial charge in [-0.25, -0.2) is 9.78 Å². The highest BCUT2D eigenvalue weighted by atomic mass is 16.6. The number of hydrogen-bond acceptors (Lipinski definition) is 3. The summed E-state index contributed by atoms with van der Waals surface area (Å²) in [6, 6.07) is -0.117. The summed E-state index contributed by atoms with van der Waals surface area (Å²) in [5.74, 6) is 0. The van der Waals surface area contributed by atoms with E-state index in [2.05, 4.69) is 17.2 Å². The lowest BCUT2D eigenvalue weighted by molar-refractivity contribution is 0.0506. The summed E-state index contributed by atoms with van der Waals surface area (Å²) >= 11 is 0. The van der Waals surface area contributed by atoms with Gasteiger partial charge in [0.2, 0.25) is 0 Å². The third kappa shape index (κ3) is 4.39. The van der Waals surface area contributed by atoms with Crippen molar-refractivity contribution in [2.45, 2.75) is 59.2 Å². The van der Waals surface area contributed by atoms with E-state index >= 15 is 0 Å². The number of carbonyl (C=O) groups is 1. The van der Waals surface area contributed by atoms with Gasteiger partial charge in [0, 0.05) is 6.54 Å². The zero-order valence-corrected chi connectivity index (χ0v) is 11.9. The lowest BCUT2D eigenvalue weighted by Gasteiger charge is -2.22. The van der Waals surface area contributed by atoms with Crippen LogP contribution in [0.25, 0.3) is 0 Å². The van der Waals surface area contributed by atoms with Gasteiger partial charge in [-0.1, -0.05) is 6.92 Å². The highest BCUT2D eigenvalue weighted by Gasteiger charge is 2.19. The monoisotopic (exact) mass is 253 g/mol. The fourth-order valence-corrected chi connectivity index (χ4v) is 1.68. The molecule has 1 amide bonds. The first kappa shape index (κ1) is 14.5. The van der Waals surface area contributed by atoms with Gasteiger partial charge in [0.1, 0.15) is 5.60 Å². The van der Waals surface area contributed by atoms with Crippen molar-refractivity contribution in [2.24, 2.45) is 0 Å². The normalized spacial score (nSPS) is 13.2. The Morgan fingerprint density at radius 1 is 1.56 bits per heavy atom. The summed E-state index contributed by atoms with van der Waals surface area (Å²) in [5, 5.41) is 2.82. The summed E-state index contributed by atoms with van der Waals surface area (Å²) in [4.78, 5) is 15.8. The van der Waals surface area contributed by atoms with Gasteiger partial charge in [0.15, 0.2) is 0 Å². The second kappa shape index (κ2) is 5.89. The van der Waals surface area contributed by atoms with Crippen LogP contribution in [0.3, 0.4) is 0 Å². The first-order valence-corrected chi connectivity index (χ1v) is 6.33. The van der Waals surface area contributed by atoms with Crippen LogP contribution in [0.1, 0.15) is 52.8 Å². The van der Waals surface area contributed by atoms with Crippen LogP contribution in [0, 0.1) is 0 Å². The van der Waals surface area contributed by atoms with E-state index in [-0.39, 0.29) is 6.04 Å². The van der Waals surface area contributed by atoms with Gasteiger partial charge in [-0.3, -0.25) is 0 Å². The largest absolute Gasteiger partial charge is 0.444 e. The molecule has 0 spiro atoms. The van der Waals surface area contributed by atoms with Crippen molar-refractivity contribution in [1.82, 2.24) is 14.9 Å². The number of carbonyl (C=O) groups excluding carboxylic acids is 1. The van der Waals surface area contributed by atoms with E-state index in [9.17, 15) is 4.79 Å². The Balaban J connectivity index is 2.62. The fraction of sp³-hybridized carbons (Fsp3) is 0.692. The topological polar surface area (TPSA) is 56.2 Å². The Morgan fingerprint density at radius 3 is 2.78 bits per heavy atom. The van der Waals surface area contributed by atoms with E-state index in [1.165, 1.54) is 0 Å². The zero-order valence-electron chi connectivity index (χ0n) is 11.9. The molecule has 1 rings (SSSR count). The molecule has 5 nitrogen and oxygen atoms in total. The minimum Gasteiger partial charge on any atom is -0.444 e. The molecule has 1 unspecified atom stereocenters. The van der Waals surface area contributed by atoms with Crippen molar-refractivity contribution in [2.75, 3.05) is 0 Å². The molecular weight excluding hydrogens is 230 g/mol. The van der Waals surface area contributed by atoms with E-state index in [1.807, 2.05) is 32.3 Å². The van der Waals surface area contributed by atoms with Gasteiger partial charge >= 0.3 is 6.09 Å². The number of alkyl carbamates (subject to hydrolysis) is 1. The SMILES string of the molecule is CCCn1cncc1C(C)NC(=O)OC(C)(C)C. The molecule has 0 aliphatic rings. The number of nitrogens with one attached hydrogen (secondary N) is 1. The van der Waals surface area contributed by atoms with Crippen LogP contribution in [0.15, 0.2) is 12.5 Å². The minimum atomic E-state index is -0.479. The van der Waals surface area contributed by atoms with E-state index in [0.717, 1.165) is 18.7 Å². The second-order valence-electron chi connectivity index (χ2n) is 5.38. The van der Waals surface area contributed by atoms with Crippen molar-refractivity contribution in [3.63, 3.8) is 0 Å². The van der Waals surface area contributed by atoms with Gasteiger partial charge in [-0.15, -0.1) is 0 Å². The second-order valence-corrected chi connectivity index (χ2v) is 5.38. The van der Waals surface area contributed by atoms with Crippen LogP contribution in [-0.2, 0) is 11.3 Å². The van der Waals surface area contributed by atoms with Gasteiger partial charge in [0.05, 0.1) is 24.3 Å². The van der Waals surface area contributed by atoms with Crippen LogP contribution in [0.2, 0.25) is 0 Å². The first-order valence-electron chi connectivity index (χ1n) is 6.33. The number of aryl methyl sites for hydroxylation is 1. The Kier molecular flexibility index (Phi) is 4.76. The molecule has 0 aliphatic carbocycles. The van der Waals surface area contributed by atoms with Crippen LogP contribution >= 0.6 is 0 Å². The van der Waals surface area contributed by atoms with E-state index in [0.29, 0.717) is 0 Å². The first-order chi connectivity index (χ1) is 8.33. The van der Waals surface area contributed by atoms with Crippen molar-refractivity contribution in [1.29, 1.82) is 0 Å². The lowest BCUT2D eigenvalue weighted by atomic mass is 10.2. The molecule has 0 saturated carbocycles. The molecule has 1 N–H and O–H groups in total. The third-order valence-electron chi connectivity index (χ3n) is 2.39. The number of nitrogens with zero attached hydrogens (tertiary/aromatic N) is 2. The molecule has 0 fully saturated rings. The van der Waals surface area contributed by atoms with Crippen molar-refractivity contribution in [3.8, 4) is 0 Å². The smallest absolute Gasteiger partial charge is 0.408 e. The van der Waals surface area contributed by atoms with Gasteiger partial charge in [0.25, 0.3) is 0 Å². The minimum absolute atomic E-state index is 0.117. The van der Waals surface area contributed by atoms with E-state index in [4.69, 9.17) is 4.74 Å². The summed E-state index contributed by atoms with van der Waals surface area (Å²) in [6.45, 7) is 10.5. The average Bonchev–Trinajstić information content (AvgIpc) is 2.63. The Morgan fingerprint density at radius 2 is 2.22 bits per heavy atom. The number of rotatable bonds is 4. The molecule has 0 aromatic carbocycles. The van der Waals surface area contributed by atoms with Crippen molar-refractivity contribution >= 4 is 6.09 Å². The zero-order chi connectivity index (χ0) is 13.8. The predicted molar refractivity (Wildman–Crippen MR) is 70.3 cm³/mol. The molecule has 0 aliphatic heterocycles.